The summed E-state index contributed by atoms with van der Waals surface area (Å²) in [5.41, 5.74) is 0.840. The van der Waals surface area contributed by atoms with Gasteiger partial charge < -0.3 is 14.7 Å². The van der Waals surface area contributed by atoms with Gasteiger partial charge in [-0.05, 0) is 5.56 Å². The van der Waals surface area contributed by atoms with Gasteiger partial charge in [-0.2, -0.15) is 0 Å². The van der Waals surface area contributed by atoms with Gasteiger partial charge in [-0.1, -0.05) is 30.3 Å². The summed E-state index contributed by atoms with van der Waals surface area (Å²) < 4.78 is 5.24. The zero-order valence-electron chi connectivity index (χ0n) is 14.1. The number of amides is 3. The number of ether oxygens (including phenoxy) is 1. The van der Waals surface area contributed by atoms with Crippen molar-refractivity contribution in [3.63, 3.8) is 0 Å². The highest BCUT2D eigenvalue weighted by atomic mass is 16.7. The molecule has 9 nitrogen and oxygen atoms in total. The molecule has 0 bridgehead atoms. The summed E-state index contributed by atoms with van der Waals surface area (Å²) in [5.74, 6) is -0.551. The second-order valence-corrected chi connectivity index (χ2v) is 5.50. The monoisotopic (exact) mass is 351 g/mol. The number of carboxylic acid groups (broad SMARTS) is 1. The van der Waals surface area contributed by atoms with Gasteiger partial charge in [0.25, 0.3) is 5.91 Å². The molecule has 1 N–H and O–H groups in total. The molecule has 1 aliphatic rings. The van der Waals surface area contributed by atoms with Gasteiger partial charge in [0.2, 0.25) is 0 Å². The fraction of sp³-hybridized carbons (Fsp3) is 0.438. The Labute approximate surface area is 145 Å². The van der Waals surface area contributed by atoms with Gasteiger partial charge in [0.05, 0.1) is 13.7 Å². The van der Waals surface area contributed by atoms with E-state index in [2.05, 4.69) is 0 Å². The van der Waals surface area contributed by atoms with Crippen LogP contribution in [0.25, 0.3) is 0 Å². The van der Waals surface area contributed by atoms with E-state index in [1.54, 1.807) is 0 Å². The lowest BCUT2D eigenvalue weighted by molar-refractivity contribution is -0.175. The van der Waals surface area contributed by atoms with Crippen LogP contribution in [-0.4, -0.2) is 77.9 Å². The highest BCUT2D eigenvalue weighted by Gasteiger charge is 2.39. The van der Waals surface area contributed by atoms with Crippen molar-refractivity contribution in [3.8, 4) is 0 Å². The van der Waals surface area contributed by atoms with Gasteiger partial charge in [-0.3, -0.25) is 14.5 Å². The van der Waals surface area contributed by atoms with E-state index in [0.29, 0.717) is 0 Å². The molecule has 0 radical (unpaired) electrons. The van der Waals surface area contributed by atoms with Gasteiger partial charge >= 0.3 is 12.2 Å². The third-order valence-corrected chi connectivity index (χ3v) is 3.96. The van der Waals surface area contributed by atoms with E-state index in [1.165, 1.54) is 19.1 Å². The number of rotatable bonds is 4. The van der Waals surface area contributed by atoms with Crippen LogP contribution in [0.3, 0.4) is 0 Å². The van der Waals surface area contributed by atoms with Crippen LogP contribution in [0.4, 0.5) is 9.59 Å². The fourth-order valence-corrected chi connectivity index (χ4v) is 2.50. The zero-order valence-corrected chi connectivity index (χ0v) is 14.1. The van der Waals surface area contributed by atoms with Crippen LogP contribution in [0.5, 0.6) is 0 Å². The molecule has 1 saturated heterocycles. The van der Waals surface area contributed by atoms with E-state index in [-0.39, 0.29) is 26.2 Å². The molecule has 1 aromatic carbocycles. The quantitative estimate of drug-likeness (QED) is 0.813. The molecule has 1 atom stereocenters. The zero-order chi connectivity index (χ0) is 18.4. The van der Waals surface area contributed by atoms with Crippen LogP contribution >= 0.6 is 0 Å². The Hall–Kier alpha value is -2.81. The normalized spacial score (nSPS) is 17.1. The molecular formula is C16H21N3O6. The molecule has 0 saturated carbocycles. The van der Waals surface area contributed by atoms with Gasteiger partial charge in [-0.25, -0.2) is 14.7 Å². The summed E-state index contributed by atoms with van der Waals surface area (Å²) in [6.07, 6.45) is -1.81. The Balaban J connectivity index is 2.01. The third-order valence-electron chi connectivity index (χ3n) is 3.96. The van der Waals surface area contributed by atoms with E-state index in [0.717, 1.165) is 15.5 Å². The van der Waals surface area contributed by atoms with Gasteiger partial charge in [0.1, 0.15) is 12.6 Å². The van der Waals surface area contributed by atoms with E-state index in [1.807, 2.05) is 30.3 Å². The Bertz CT molecular complexity index is 624. The number of hydroxylamine groups is 2. The Kier molecular flexibility index (Phi) is 6.18. The molecule has 2 rings (SSSR count). The predicted molar refractivity (Wildman–Crippen MR) is 86.5 cm³/mol. The number of piperazine rings is 1. The Morgan fingerprint density at radius 3 is 2.52 bits per heavy atom. The predicted octanol–water partition coefficient (Wildman–Crippen LogP) is 1.01. The van der Waals surface area contributed by atoms with Crippen molar-refractivity contribution in [1.29, 1.82) is 0 Å². The topological polar surface area (TPSA) is 99.6 Å². The first-order valence-electron chi connectivity index (χ1n) is 7.71. The van der Waals surface area contributed by atoms with Crippen molar-refractivity contribution >= 4 is 18.1 Å². The van der Waals surface area contributed by atoms with Crippen molar-refractivity contribution in [3.05, 3.63) is 35.9 Å². The second-order valence-electron chi connectivity index (χ2n) is 5.50. The highest BCUT2D eigenvalue weighted by Crippen LogP contribution is 2.14. The molecule has 136 valence electrons. The number of carbonyl (C=O) groups is 3. The average molecular weight is 351 g/mol. The lowest BCUT2D eigenvalue weighted by Crippen LogP contribution is -2.61. The highest BCUT2D eigenvalue weighted by molar-refractivity contribution is 5.85. The fourth-order valence-electron chi connectivity index (χ4n) is 2.50. The minimum absolute atomic E-state index is 0.0176. The van der Waals surface area contributed by atoms with Crippen LogP contribution in [0, 0.1) is 0 Å². The summed E-state index contributed by atoms with van der Waals surface area (Å²) in [5, 5.41) is 10.2. The summed E-state index contributed by atoms with van der Waals surface area (Å²) in [6.45, 7) is 0.187. The number of benzene rings is 1. The molecule has 3 amide bonds. The minimum Gasteiger partial charge on any atom is -0.465 e. The first-order chi connectivity index (χ1) is 11.9. The van der Waals surface area contributed by atoms with Crippen LogP contribution in [-0.2, 0) is 21.0 Å². The van der Waals surface area contributed by atoms with Gasteiger partial charge in [0, 0.05) is 20.1 Å². The van der Waals surface area contributed by atoms with Crippen molar-refractivity contribution in [2.75, 3.05) is 33.8 Å². The van der Waals surface area contributed by atoms with Crippen LogP contribution in [0.15, 0.2) is 30.3 Å². The van der Waals surface area contributed by atoms with E-state index >= 15 is 0 Å². The van der Waals surface area contributed by atoms with Crippen LogP contribution in [0.1, 0.15) is 5.56 Å². The number of likely N-dealkylation sites (N-methyl/N-ethyl adjacent to an activating group) is 1. The molecule has 1 aromatic rings. The lowest BCUT2D eigenvalue weighted by atomic mass is 10.1. The standard InChI is InChI=1S/C16H21N3O6/c1-17(24-2)14(20)13-10-18(8-9-19(13)15(21)22)16(23)25-11-12-6-4-3-5-7-12/h3-7,13H,8-11H2,1-2H3,(H,21,22)/t13-/m1/s1. The average Bonchev–Trinajstić information content (AvgIpc) is 2.65. The summed E-state index contributed by atoms with van der Waals surface area (Å²) >= 11 is 0. The van der Waals surface area contributed by atoms with Gasteiger partial charge in [0.15, 0.2) is 0 Å². The number of hydrogen-bond donors (Lipinski definition) is 1. The molecule has 25 heavy (non-hydrogen) atoms. The first kappa shape index (κ1) is 18.5. The Morgan fingerprint density at radius 1 is 1.24 bits per heavy atom. The molecule has 0 unspecified atom stereocenters. The maximum absolute atomic E-state index is 12.3. The maximum atomic E-state index is 12.3. The number of hydrogen-bond acceptors (Lipinski definition) is 5. The minimum atomic E-state index is -1.22. The van der Waals surface area contributed by atoms with E-state index in [9.17, 15) is 19.5 Å². The molecule has 1 fully saturated rings. The molecule has 9 heteroatoms. The van der Waals surface area contributed by atoms with Crippen molar-refractivity contribution in [1.82, 2.24) is 14.9 Å². The molecular weight excluding hydrogens is 330 g/mol. The van der Waals surface area contributed by atoms with E-state index < -0.39 is 24.1 Å². The van der Waals surface area contributed by atoms with Crippen molar-refractivity contribution in [2.24, 2.45) is 0 Å². The Morgan fingerprint density at radius 2 is 1.92 bits per heavy atom. The summed E-state index contributed by atoms with van der Waals surface area (Å²) in [6, 6.07) is 8.15. The smallest absolute Gasteiger partial charge is 0.410 e. The molecule has 0 aromatic heterocycles. The maximum Gasteiger partial charge on any atom is 0.410 e. The SMILES string of the molecule is CON(C)C(=O)[C@H]1CN(C(=O)OCc2ccccc2)CCN1C(=O)O. The second kappa shape index (κ2) is 8.34. The van der Waals surface area contributed by atoms with Gasteiger partial charge in [-0.15, -0.1) is 0 Å². The lowest BCUT2D eigenvalue weighted by Gasteiger charge is -2.39. The van der Waals surface area contributed by atoms with Crippen LogP contribution < -0.4 is 0 Å². The molecule has 0 aliphatic carbocycles. The van der Waals surface area contributed by atoms with Crippen LogP contribution in [0.2, 0.25) is 0 Å². The first-order valence-corrected chi connectivity index (χ1v) is 7.71. The summed E-state index contributed by atoms with van der Waals surface area (Å²) in [4.78, 5) is 43.0. The number of carbonyl (C=O) groups excluding carboxylic acids is 2. The summed E-state index contributed by atoms with van der Waals surface area (Å²) in [7, 11) is 2.69. The molecule has 0 spiro atoms. The van der Waals surface area contributed by atoms with Crippen molar-refractivity contribution < 1.29 is 29.1 Å². The third kappa shape index (κ3) is 4.60. The molecule has 1 aliphatic heterocycles. The van der Waals surface area contributed by atoms with Crippen molar-refractivity contribution in [2.45, 2.75) is 12.6 Å². The van der Waals surface area contributed by atoms with E-state index in [4.69, 9.17) is 9.57 Å². The molecule has 1 heterocycles. The largest absolute Gasteiger partial charge is 0.465 e. The number of nitrogens with zero attached hydrogens (tertiary/aromatic N) is 3.